The molecule has 0 saturated carbocycles. The number of thioether (sulfide) groups is 1. The summed E-state index contributed by atoms with van der Waals surface area (Å²) in [4.78, 5) is 16.8. The number of aryl methyl sites for hydroxylation is 1. The van der Waals surface area contributed by atoms with Crippen LogP contribution in [0.5, 0.6) is 0 Å². The number of nitrogens with one attached hydrogen (secondary N) is 1. The highest BCUT2D eigenvalue weighted by Crippen LogP contribution is 2.30. The molecule has 1 N–H and O–H groups in total. The van der Waals surface area contributed by atoms with Gasteiger partial charge >= 0.3 is 0 Å². The molecule has 10 heteroatoms. The fourth-order valence-corrected chi connectivity index (χ4v) is 7.27. The molecule has 6 nitrogen and oxygen atoms in total. The predicted octanol–water partition coefficient (Wildman–Crippen LogP) is 1.94. The van der Waals surface area contributed by atoms with Crippen LogP contribution in [0.3, 0.4) is 0 Å². The molecule has 0 aliphatic carbocycles. The Balaban J connectivity index is 1.61. The molecule has 0 unspecified atom stereocenters. The van der Waals surface area contributed by atoms with Crippen molar-refractivity contribution in [1.29, 1.82) is 0 Å². The molecule has 3 rings (SSSR count). The second-order valence-electron chi connectivity index (χ2n) is 5.24. The molecule has 1 aliphatic heterocycles. The summed E-state index contributed by atoms with van der Waals surface area (Å²) < 4.78 is 26.9. The van der Waals surface area contributed by atoms with Gasteiger partial charge in [0.05, 0.1) is 16.6 Å². The van der Waals surface area contributed by atoms with E-state index in [1.807, 2.05) is 12.3 Å². The van der Waals surface area contributed by atoms with Gasteiger partial charge in [0, 0.05) is 24.1 Å². The van der Waals surface area contributed by atoms with Crippen LogP contribution < -0.4 is 5.32 Å². The summed E-state index contributed by atoms with van der Waals surface area (Å²) in [5.41, 5.74) is 0.946. The van der Waals surface area contributed by atoms with Crippen LogP contribution in [-0.2, 0) is 21.2 Å². The van der Waals surface area contributed by atoms with Crippen molar-refractivity contribution in [2.45, 2.75) is 23.6 Å². The minimum absolute atomic E-state index is 0.243. The standard InChI is InChI=1S/C14H17N3O3S4/c1-10-16-11(7-23-10)4-5-15-14(18)12-8-21-9-17(12)24(19,20)13-3-2-6-22-13/h2-3,6-7,12H,4-5,8-9H2,1H3,(H,15,18)/t12-/m1/s1. The third-order valence-corrected chi connectivity index (χ3v) is 8.78. The van der Waals surface area contributed by atoms with Gasteiger partial charge in [0.25, 0.3) is 10.0 Å². The number of carbonyl (C=O) groups is 1. The maximum atomic E-state index is 12.6. The van der Waals surface area contributed by atoms with E-state index in [0.29, 0.717) is 24.6 Å². The molecule has 3 heterocycles. The Morgan fingerprint density at radius 1 is 1.46 bits per heavy atom. The number of hydrogen-bond acceptors (Lipinski definition) is 7. The average molecular weight is 404 g/mol. The van der Waals surface area contributed by atoms with Crippen molar-refractivity contribution in [1.82, 2.24) is 14.6 Å². The Bertz CT molecular complexity index is 801. The van der Waals surface area contributed by atoms with Gasteiger partial charge in [-0.05, 0) is 18.4 Å². The van der Waals surface area contributed by atoms with Crippen molar-refractivity contribution >= 4 is 50.4 Å². The summed E-state index contributed by atoms with van der Waals surface area (Å²) in [7, 11) is -3.60. The minimum Gasteiger partial charge on any atom is -0.354 e. The molecule has 1 fully saturated rings. The predicted molar refractivity (Wildman–Crippen MR) is 98.0 cm³/mol. The minimum atomic E-state index is -3.60. The molecule has 1 amide bonds. The summed E-state index contributed by atoms with van der Waals surface area (Å²) in [6, 6.07) is 2.62. The van der Waals surface area contributed by atoms with Gasteiger partial charge in [-0.25, -0.2) is 13.4 Å². The number of rotatable bonds is 6. The van der Waals surface area contributed by atoms with E-state index < -0.39 is 16.1 Å². The maximum absolute atomic E-state index is 12.6. The highest BCUT2D eigenvalue weighted by Gasteiger charge is 2.40. The lowest BCUT2D eigenvalue weighted by Gasteiger charge is -2.21. The van der Waals surface area contributed by atoms with Crippen molar-refractivity contribution in [2.24, 2.45) is 0 Å². The highest BCUT2D eigenvalue weighted by molar-refractivity contribution is 8.01. The summed E-state index contributed by atoms with van der Waals surface area (Å²) in [5, 5.41) is 7.53. The molecule has 0 aromatic carbocycles. The van der Waals surface area contributed by atoms with E-state index in [0.717, 1.165) is 10.7 Å². The van der Waals surface area contributed by atoms with Crippen LogP contribution in [0.4, 0.5) is 0 Å². The van der Waals surface area contributed by atoms with E-state index in [4.69, 9.17) is 0 Å². The molecule has 1 saturated heterocycles. The number of aromatic nitrogens is 1. The monoisotopic (exact) mass is 403 g/mol. The van der Waals surface area contributed by atoms with Crippen LogP contribution in [0.25, 0.3) is 0 Å². The average Bonchev–Trinajstić information content (AvgIpc) is 3.29. The zero-order valence-electron chi connectivity index (χ0n) is 13.0. The number of hydrogen-bond donors (Lipinski definition) is 1. The molecule has 24 heavy (non-hydrogen) atoms. The summed E-state index contributed by atoms with van der Waals surface area (Å²) in [6.45, 7) is 2.39. The van der Waals surface area contributed by atoms with Crippen molar-refractivity contribution in [2.75, 3.05) is 18.2 Å². The lowest BCUT2D eigenvalue weighted by atomic mass is 10.3. The Kier molecular flexibility index (Phi) is 5.60. The van der Waals surface area contributed by atoms with Gasteiger partial charge in [-0.1, -0.05) is 6.07 Å². The van der Waals surface area contributed by atoms with Gasteiger partial charge in [0.1, 0.15) is 10.3 Å². The van der Waals surface area contributed by atoms with Gasteiger partial charge in [-0.15, -0.1) is 34.4 Å². The van der Waals surface area contributed by atoms with Gasteiger partial charge < -0.3 is 5.32 Å². The molecule has 1 atom stereocenters. The first kappa shape index (κ1) is 17.9. The van der Waals surface area contributed by atoms with Crippen molar-refractivity contribution < 1.29 is 13.2 Å². The Morgan fingerprint density at radius 2 is 2.29 bits per heavy atom. The SMILES string of the molecule is Cc1nc(CCNC(=O)[C@H]2CSCN2S(=O)(=O)c2cccs2)cs1. The van der Waals surface area contributed by atoms with Crippen LogP contribution in [0.1, 0.15) is 10.7 Å². The van der Waals surface area contributed by atoms with E-state index >= 15 is 0 Å². The lowest BCUT2D eigenvalue weighted by Crippen LogP contribution is -2.47. The Morgan fingerprint density at radius 3 is 2.96 bits per heavy atom. The molecule has 0 spiro atoms. The molecule has 0 bridgehead atoms. The molecule has 1 aliphatic rings. The number of sulfonamides is 1. The first-order valence-corrected chi connectivity index (χ1v) is 11.7. The quantitative estimate of drug-likeness (QED) is 0.797. The van der Waals surface area contributed by atoms with Crippen LogP contribution >= 0.6 is 34.4 Å². The second-order valence-corrected chi connectivity index (χ2v) is 10.4. The summed E-state index contributed by atoms with van der Waals surface area (Å²) in [5.74, 6) is 0.544. The molecular formula is C14H17N3O3S4. The first-order valence-electron chi connectivity index (χ1n) is 7.30. The second kappa shape index (κ2) is 7.52. The van der Waals surface area contributed by atoms with Gasteiger partial charge in [-0.3, -0.25) is 4.79 Å². The van der Waals surface area contributed by atoms with Gasteiger partial charge in [0.15, 0.2) is 0 Å². The fourth-order valence-electron chi connectivity index (χ4n) is 2.35. The number of thiazole rings is 1. The van der Waals surface area contributed by atoms with Gasteiger partial charge in [-0.2, -0.15) is 4.31 Å². The zero-order chi connectivity index (χ0) is 17.2. The van der Waals surface area contributed by atoms with E-state index in [1.165, 1.54) is 27.4 Å². The molecule has 0 radical (unpaired) electrons. The topological polar surface area (TPSA) is 79.4 Å². The van der Waals surface area contributed by atoms with Gasteiger partial charge in [0.2, 0.25) is 5.91 Å². The Hall–Kier alpha value is -0.940. The number of thiophene rings is 1. The van der Waals surface area contributed by atoms with E-state index in [-0.39, 0.29) is 10.1 Å². The van der Waals surface area contributed by atoms with Crippen molar-refractivity contribution in [3.8, 4) is 0 Å². The maximum Gasteiger partial charge on any atom is 0.254 e. The third-order valence-electron chi connectivity index (χ3n) is 3.55. The van der Waals surface area contributed by atoms with E-state index in [1.54, 1.807) is 28.8 Å². The van der Waals surface area contributed by atoms with Crippen molar-refractivity contribution in [3.63, 3.8) is 0 Å². The van der Waals surface area contributed by atoms with Crippen LogP contribution in [0.15, 0.2) is 27.1 Å². The molecule has 130 valence electrons. The summed E-state index contributed by atoms with van der Waals surface area (Å²) >= 11 is 4.20. The van der Waals surface area contributed by atoms with E-state index in [2.05, 4.69) is 10.3 Å². The third kappa shape index (κ3) is 3.83. The lowest BCUT2D eigenvalue weighted by molar-refractivity contribution is -0.123. The molecular weight excluding hydrogens is 386 g/mol. The van der Waals surface area contributed by atoms with E-state index in [9.17, 15) is 13.2 Å². The van der Waals surface area contributed by atoms with Crippen LogP contribution in [0.2, 0.25) is 0 Å². The highest BCUT2D eigenvalue weighted by atomic mass is 32.2. The fraction of sp³-hybridized carbons (Fsp3) is 0.429. The summed E-state index contributed by atoms with van der Waals surface area (Å²) in [6.07, 6.45) is 0.646. The molecule has 2 aromatic heterocycles. The number of carbonyl (C=O) groups excluding carboxylic acids is 1. The van der Waals surface area contributed by atoms with Crippen LogP contribution in [0, 0.1) is 6.92 Å². The first-order chi connectivity index (χ1) is 11.5. The largest absolute Gasteiger partial charge is 0.354 e. The van der Waals surface area contributed by atoms with Crippen molar-refractivity contribution in [3.05, 3.63) is 33.6 Å². The normalized spacial score (nSPS) is 18.8. The number of amides is 1. The zero-order valence-corrected chi connectivity index (χ0v) is 16.2. The van der Waals surface area contributed by atoms with Crippen LogP contribution in [-0.4, -0.2) is 47.8 Å². The smallest absolute Gasteiger partial charge is 0.254 e. The molecule has 2 aromatic rings. The number of nitrogens with zero attached hydrogens (tertiary/aromatic N) is 2. The Labute approximate surface area is 153 Å².